The highest BCUT2D eigenvalue weighted by molar-refractivity contribution is 6.05. The molecule has 3 aromatic rings. The monoisotopic (exact) mass is 462 g/mol. The van der Waals surface area contributed by atoms with Gasteiger partial charge >= 0.3 is 0 Å². The third-order valence-electron chi connectivity index (χ3n) is 5.13. The van der Waals surface area contributed by atoms with E-state index in [4.69, 9.17) is 14.2 Å². The van der Waals surface area contributed by atoms with E-state index < -0.39 is 0 Å². The Hall–Kier alpha value is -4.00. The Bertz CT molecular complexity index is 1150. The summed E-state index contributed by atoms with van der Waals surface area (Å²) in [5, 5.41) is 5.61. The number of nitrogens with one attached hydrogen (secondary N) is 2. The lowest BCUT2D eigenvalue weighted by Crippen LogP contribution is -2.22. The van der Waals surface area contributed by atoms with Crippen LogP contribution in [0.3, 0.4) is 0 Å². The molecule has 0 radical (unpaired) electrons. The minimum atomic E-state index is -0.356. The van der Waals surface area contributed by atoms with Gasteiger partial charge in [0.15, 0.2) is 6.61 Å². The van der Waals surface area contributed by atoms with Crippen molar-refractivity contribution in [2.75, 3.05) is 31.5 Å². The van der Waals surface area contributed by atoms with Crippen LogP contribution in [0.4, 0.5) is 11.4 Å². The van der Waals surface area contributed by atoms with Crippen LogP contribution >= 0.6 is 0 Å². The highest BCUT2D eigenvalue weighted by Crippen LogP contribution is 2.37. The first kappa shape index (κ1) is 24.6. The molecule has 178 valence electrons. The zero-order valence-electron chi connectivity index (χ0n) is 20.1. The van der Waals surface area contributed by atoms with Crippen LogP contribution in [0.2, 0.25) is 0 Å². The zero-order valence-corrected chi connectivity index (χ0v) is 20.1. The molecule has 0 aliphatic carbocycles. The molecule has 0 unspecified atom stereocenters. The summed E-state index contributed by atoms with van der Waals surface area (Å²) in [6.07, 6.45) is 0. The Kier molecular flexibility index (Phi) is 7.79. The maximum absolute atomic E-state index is 12.7. The summed E-state index contributed by atoms with van der Waals surface area (Å²) in [6.45, 7) is 6.09. The molecule has 0 aromatic heterocycles. The molecule has 0 aliphatic heterocycles. The third kappa shape index (κ3) is 6.07. The Morgan fingerprint density at radius 2 is 1.32 bits per heavy atom. The lowest BCUT2D eigenvalue weighted by molar-refractivity contribution is -0.118. The molecule has 2 amide bonds. The van der Waals surface area contributed by atoms with Gasteiger partial charge in [-0.1, -0.05) is 57.2 Å². The SMILES string of the molecule is COc1cc(NC(=O)c2ccccc2)c(OC)cc1NC(=O)COc1ccccc1C(C)(C)C. The topological polar surface area (TPSA) is 85.9 Å². The average Bonchev–Trinajstić information content (AvgIpc) is 2.83. The molecule has 0 atom stereocenters. The second-order valence-corrected chi connectivity index (χ2v) is 8.66. The van der Waals surface area contributed by atoms with Gasteiger partial charge in [0.25, 0.3) is 11.8 Å². The van der Waals surface area contributed by atoms with Crippen molar-refractivity contribution in [3.05, 3.63) is 77.9 Å². The molecule has 2 N–H and O–H groups in total. The Labute approximate surface area is 200 Å². The standard InChI is InChI=1S/C27H30N2O5/c1-27(2,3)19-13-9-10-14-22(19)34-17-25(30)28-20-15-24(33-5)21(16-23(20)32-4)29-26(31)18-11-7-6-8-12-18/h6-16H,17H2,1-5H3,(H,28,30)(H,29,31). The van der Waals surface area contributed by atoms with E-state index in [0.29, 0.717) is 34.2 Å². The highest BCUT2D eigenvalue weighted by atomic mass is 16.5. The lowest BCUT2D eigenvalue weighted by Gasteiger charge is -2.22. The minimum absolute atomic E-state index is 0.121. The van der Waals surface area contributed by atoms with E-state index in [0.717, 1.165) is 5.56 Å². The van der Waals surface area contributed by atoms with Gasteiger partial charge in [-0.3, -0.25) is 9.59 Å². The Morgan fingerprint density at radius 1 is 0.765 bits per heavy atom. The van der Waals surface area contributed by atoms with Crippen LogP contribution in [-0.2, 0) is 10.2 Å². The van der Waals surface area contributed by atoms with Crippen molar-refractivity contribution < 1.29 is 23.8 Å². The maximum atomic E-state index is 12.7. The summed E-state index contributed by atoms with van der Waals surface area (Å²) in [4.78, 5) is 25.2. The number of amides is 2. The van der Waals surface area contributed by atoms with Crippen LogP contribution in [0, 0.1) is 0 Å². The molecule has 0 bridgehead atoms. The summed E-state index contributed by atoms with van der Waals surface area (Å²) >= 11 is 0. The van der Waals surface area contributed by atoms with Crippen molar-refractivity contribution in [2.45, 2.75) is 26.2 Å². The average molecular weight is 463 g/mol. The molecular weight excluding hydrogens is 432 g/mol. The molecule has 0 aliphatic rings. The summed E-state index contributed by atoms with van der Waals surface area (Å²) < 4.78 is 16.7. The number of anilines is 2. The van der Waals surface area contributed by atoms with E-state index in [1.807, 2.05) is 30.3 Å². The van der Waals surface area contributed by atoms with Gasteiger partial charge in [0, 0.05) is 17.7 Å². The molecule has 3 aromatic carbocycles. The predicted octanol–water partition coefficient (Wildman–Crippen LogP) is 5.27. The molecule has 0 fully saturated rings. The van der Waals surface area contributed by atoms with Gasteiger partial charge in [-0.25, -0.2) is 0 Å². The fourth-order valence-electron chi connectivity index (χ4n) is 3.42. The van der Waals surface area contributed by atoms with Crippen LogP contribution in [0.25, 0.3) is 0 Å². The molecule has 0 saturated carbocycles. The number of carbonyl (C=O) groups is 2. The lowest BCUT2D eigenvalue weighted by atomic mass is 9.86. The van der Waals surface area contributed by atoms with E-state index in [-0.39, 0.29) is 23.8 Å². The van der Waals surface area contributed by atoms with Crippen molar-refractivity contribution in [3.8, 4) is 17.2 Å². The van der Waals surface area contributed by atoms with Gasteiger partial charge in [-0.15, -0.1) is 0 Å². The second kappa shape index (κ2) is 10.7. The largest absolute Gasteiger partial charge is 0.494 e. The Balaban J connectivity index is 1.75. The number of ether oxygens (including phenoxy) is 3. The smallest absolute Gasteiger partial charge is 0.262 e. The first-order valence-electron chi connectivity index (χ1n) is 10.9. The van der Waals surface area contributed by atoms with Gasteiger partial charge in [0.05, 0.1) is 25.6 Å². The fraction of sp³-hybridized carbons (Fsp3) is 0.259. The van der Waals surface area contributed by atoms with Gasteiger partial charge in [-0.2, -0.15) is 0 Å². The Morgan fingerprint density at radius 3 is 1.91 bits per heavy atom. The molecular formula is C27H30N2O5. The van der Waals surface area contributed by atoms with Crippen molar-refractivity contribution >= 4 is 23.2 Å². The number of hydrogen-bond acceptors (Lipinski definition) is 5. The molecule has 7 heteroatoms. The molecule has 34 heavy (non-hydrogen) atoms. The van der Waals surface area contributed by atoms with Crippen LogP contribution < -0.4 is 24.8 Å². The van der Waals surface area contributed by atoms with Crippen molar-refractivity contribution in [3.63, 3.8) is 0 Å². The fourth-order valence-corrected chi connectivity index (χ4v) is 3.42. The quantitative estimate of drug-likeness (QED) is 0.476. The van der Waals surface area contributed by atoms with Crippen molar-refractivity contribution in [1.82, 2.24) is 0 Å². The summed E-state index contributed by atoms with van der Waals surface area (Å²) in [6, 6.07) is 19.7. The van der Waals surface area contributed by atoms with Crippen LogP contribution in [0.15, 0.2) is 66.7 Å². The van der Waals surface area contributed by atoms with E-state index >= 15 is 0 Å². The van der Waals surface area contributed by atoms with Crippen LogP contribution in [-0.4, -0.2) is 32.6 Å². The van der Waals surface area contributed by atoms with E-state index in [2.05, 4.69) is 31.4 Å². The second-order valence-electron chi connectivity index (χ2n) is 8.66. The minimum Gasteiger partial charge on any atom is -0.494 e. The van der Waals surface area contributed by atoms with Crippen molar-refractivity contribution in [1.29, 1.82) is 0 Å². The normalized spacial score (nSPS) is 10.9. The summed E-state index contributed by atoms with van der Waals surface area (Å²) in [5.74, 6) is 0.759. The number of para-hydroxylation sites is 1. The molecule has 3 rings (SSSR count). The third-order valence-corrected chi connectivity index (χ3v) is 5.13. The van der Waals surface area contributed by atoms with Crippen LogP contribution in [0.1, 0.15) is 36.7 Å². The van der Waals surface area contributed by atoms with Gasteiger partial charge in [0.1, 0.15) is 17.2 Å². The number of methoxy groups -OCH3 is 2. The maximum Gasteiger partial charge on any atom is 0.262 e. The van der Waals surface area contributed by atoms with Gasteiger partial charge < -0.3 is 24.8 Å². The van der Waals surface area contributed by atoms with Gasteiger partial charge in [0.2, 0.25) is 0 Å². The first-order chi connectivity index (χ1) is 16.2. The molecule has 0 heterocycles. The molecule has 7 nitrogen and oxygen atoms in total. The van der Waals surface area contributed by atoms with E-state index in [1.165, 1.54) is 14.2 Å². The summed E-state index contributed by atoms with van der Waals surface area (Å²) in [7, 11) is 2.97. The van der Waals surface area contributed by atoms with Gasteiger partial charge in [-0.05, 0) is 29.2 Å². The summed E-state index contributed by atoms with van der Waals surface area (Å²) in [5.41, 5.74) is 2.22. The number of carbonyl (C=O) groups excluding carboxylic acids is 2. The molecule has 0 spiro atoms. The van der Waals surface area contributed by atoms with E-state index in [9.17, 15) is 9.59 Å². The number of benzene rings is 3. The molecule has 0 saturated heterocycles. The first-order valence-corrected chi connectivity index (χ1v) is 10.9. The number of rotatable bonds is 8. The highest BCUT2D eigenvalue weighted by Gasteiger charge is 2.20. The zero-order chi connectivity index (χ0) is 24.7. The number of hydrogen-bond donors (Lipinski definition) is 2. The van der Waals surface area contributed by atoms with Crippen LogP contribution in [0.5, 0.6) is 17.2 Å². The van der Waals surface area contributed by atoms with Crippen molar-refractivity contribution in [2.24, 2.45) is 0 Å². The van der Waals surface area contributed by atoms with E-state index in [1.54, 1.807) is 36.4 Å². The predicted molar refractivity (Wildman–Crippen MR) is 133 cm³/mol.